The molecule has 2 aromatic carbocycles. The van der Waals surface area contributed by atoms with Crippen LogP contribution in [-0.4, -0.2) is 21.3 Å². The van der Waals surface area contributed by atoms with Gasteiger partial charge in [0.05, 0.1) is 5.69 Å². The fraction of sp³-hybridized carbons (Fsp3) is 0.190. The van der Waals surface area contributed by atoms with Crippen molar-refractivity contribution in [3.63, 3.8) is 0 Å². The highest BCUT2D eigenvalue weighted by molar-refractivity contribution is 8.02. The highest BCUT2D eigenvalue weighted by Gasteiger charge is 2.57. The molecule has 2 aliphatic heterocycles. The van der Waals surface area contributed by atoms with E-state index in [1.807, 2.05) is 58.6 Å². The molecule has 2 aliphatic rings. The summed E-state index contributed by atoms with van der Waals surface area (Å²) < 4.78 is 1.97. The maximum Gasteiger partial charge on any atom is 0.285 e. The van der Waals surface area contributed by atoms with Crippen LogP contribution in [0.1, 0.15) is 18.4 Å². The van der Waals surface area contributed by atoms with Crippen LogP contribution in [0.25, 0.3) is 0 Å². The van der Waals surface area contributed by atoms with E-state index >= 15 is 0 Å². The van der Waals surface area contributed by atoms with Gasteiger partial charge in [-0.25, -0.2) is 0 Å². The highest BCUT2D eigenvalue weighted by atomic mass is 32.2. The third kappa shape index (κ3) is 2.73. The van der Waals surface area contributed by atoms with E-state index in [1.54, 1.807) is 4.90 Å². The lowest BCUT2D eigenvalue weighted by atomic mass is 10.2. The normalized spacial score (nSPS) is 21.1. The van der Waals surface area contributed by atoms with Crippen molar-refractivity contribution < 1.29 is 9.59 Å². The second-order valence-corrected chi connectivity index (χ2v) is 8.99. The van der Waals surface area contributed by atoms with Crippen LogP contribution in [0.4, 0.5) is 5.69 Å². The molecule has 0 bridgehead atoms. The molecule has 0 saturated carbocycles. The Morgan fingerprint density at radius 1 is 1.11 bits per heavy atom. The zero-order chi connectivity index (χ0) is 19.1. The summed E-state index contributed by atoms with van der Waals surface area (Å²) in [6, 6.07) is 17.8. The number of fused-ring (bicyclic) bond motifs is 3. The van der Waals surface area contributed by atoms with Crippen LogP contribution in [0.5, 0.6) is 0 Å². The van der Waals surface area contributed by atoms with E-state index in [0.29, 0.717) is 24.2 Å². The largest absolute Gasteiger partial charge is 0.319 e. The van der Waals surface area contributed by atoms with Crippen LogP contribution < -0.4 is 9.70 Å². The molecule has 5 rings (SSSR count). The van der Waals surface area contributed by atoms with Crippen molar-refractivity contribution >= 4 is 40.6 Å². The molecule has 28 heavy (non-hydrogen) atoms. The van der Waals surface area contributed by atoms with Gasteiger partial charge >= 0.3 is 0 Å². The Morgan fingerprint density at radius 2 is 1.89 bits per heavy atom. The number of hydrogen-bond donors (Lipinski definition) is 0. The quantitative estimate of drug-likeness (QED) is 0.666. The lowest BCUT2D eigenvalue weighted by Gasteiger charge is -2.27. The maximum atomic E-state index is 13.3. The third-order valence-electron chi connectivity index (χ3n) is 5.06. The van der Waals surface area contributed by atoms with Crippen molar-refractivity contribution in [1.82, 2.24) is 4.57 Å². The average Bonchev–Trinajstić information content (AvgIpc) is 3.38. The molecule has 3 aromatic rings. The molecule has 0 radical (unpaired) electrons. The van der Waals surface area contributed by atoms with Gasteiger partial charge in [0.1, 0.15) is 0 Å². The van der Waals surface area contributed by atoms with E-state index in [-0.39, 0.29) is 11.8 Å². The smallest absolute Gasteiger partial charge is 0.285 e. The number of hydrogen-bond acceptors (Lipinski definition) is 4. The number of amides is 2. The van der Waals surface area contributed by atoms with Crippen molar-refractivity contribution in [2.75, 3.05) is 4.90 Å². The fourth-order valence-electron chi connectivity index (χ4n) is 3.74. The summed E-state index contributed by atoms with van der Waals surface area (Å²) in [6.45, 7) is 0.652. The number of nitrogens with zero attached hydrogens (tertiary/aromatic N) is 3. The third-order valence-corrected chi connectivity index (χ3v) is 7.32. The van der Waals surface area contributed by atoms with E-state index in [2.05, 4.69) is 17.1 Å². The van der Waals surface area contributed by atoms with Crippen molar-refractivity contribution in [1.29, 1.82) is 0 Å². The Labute approximate surface area is 170 Å². The lowest BCUT2D eigenvalue weighted by Crippen LogP contribution is -2.46. The minimum absolute atomic E-state index is 0.00987. The Morgan fingerprint density at radius 3 is 2.75 bits per heavy atom. The molecule has 1 fully saturated rings. The Balaban J connectivity index is 1.51. The van der Waals surface area contributed by atoms with Gasteiger partial charge in [0.15, 0.2) is 9.67 Å². The Bertz CT molecular complexity index is 1140. The molecule has 5 nitrogen and oxygen atoms in total. The number of rotatable bonds is 3. The second-order valence-electron chi connectivity index (χ2n) is 6.80. The van der Waals surface area contributed by atoms with Gasteiger partial charge in [0, 0.05) is 29.4 Å². The van der Waals surface area contributed by atoms with Gasteiger partial charge in [-0.1, -0.05) is 54.2 Å². The van der Waals surface area contributed by atoms with Crippen molar-refractivity contribution in [2.24, 2.45) is 4.99 Å². The highest BCUT2D eigenvalue weighted by Crippen LogP contribution is 2.56. The second kappa shape index (κ2) is 6.76. The van der Waals surface area contributed by atoms with Gasteiger partial charge in [0.2, 0.25) is 5.91 Å². The number of para-hydroxylation sites is 1. The van der Waals surface area contributed by atoms with Gasteiger partial charge in [-0.2, -0.15) is 4.99 Å². The number of carbonyl (C=O) groups is 2. The molecule has 3 heterocycles. The molecule has 140 valence electrons. The summed E-state index contributed by atoms with van der Waals surface area (Å²) in [6.07, 6.45) is 2.80. The summed E-state index contributed by atoms with van der Waals surface area (Å²) >= 11 is 2.89. The molecule has 7 heteroatoms. The topological polar surface area (TPSA) is 54.7 Å². The van der Waals surface area contributed by atoms with E-state index < -0.39 is 4.87 Å². The first-order valence-electron chi connectivity index (χ1n) is 9.05. The first-order valence-corrected chi connectivity index (χ1v) is 10.8. The summed E-state index contributed by atoms with van der Waals surface area (Å²) in [7, 11) is 0. The predicted molar refractivity (Wildman–Crippen MR) is 110 cm³/mol. The number of thioether (sulfide) groups is 1. The first kappa shape index (κ1) is 17.5. The standard InChI is InChI=1S/C21H17N3O2S2/c25-18-10-11-21(24(18)16-8-4-5-9-17(16)28-21)19(26)22-20-23(12-13-27-20)14-15-6-2-1-3-7-15/h1-9,12-13H,10-11,14H2. The Kier molecular flexibility index (Phi) is 4.21. The zero-order valence-electron chi connectivity index (χ0n) is 14.9. The summed E-state index contributed by atoms with van der Waals surface area (Å²) in [5.41, 5.74) is 1.97. The van der Waals surface area contributed by atoms with Gasteiger partial charge in [-0.05, 0) is 24.1 Å². The molecule has 2 amide bonds. The number of thiazole rings is 1. The molecule has 1 aromatic heterocycles. The molecule has 1 unspecified atom stereocenters. The van der Waals surface area contributed by atoms with Crippen LogP contribution in [-0.2, 0) is 16.1 Å². The number of anilines is 1. The van der Waals surface area contributed by atoms with Gasteiger partial charge in [-0.3, -0.25) is 14.5 Å². The molecule has 0 aliphatic carbocycles. The monoisotopic (exact) mass is 407 g/mol. The number of benzene rings is 2. The molecule has 1 saturated heterocycles. The minimum atomic E-state index is -0.949. The van der Waals surface area contributed by atoms with E-state index in [1.165, 1.54) is 23.1 Å². The first-order chi connectivity index (χ1) is 13.7. The van der Waals surface area contributed by atoms with Crippen LogP contribution in [0.2, 0.25) is 0 Å². The Hall–Kier alpha value is -2.64. The van der Waals surface area contributed by atoms with Crippen LogP contribution in [0, 0.1) is 0 Å². The van der Waals surface area contributed by atoms with Crippen LogP contribution in [0.15, 0.2) is 76.1 Å². The van der Waals surface area contributed by atoms with Gasteiger partial charge in [-0.15, -0.1) is 11.3 Å². The van der Waals surface area contributed by atoms with Crippen molar-refractivity contribution in [3.8, 4) is 0 Å². The van der Waals surface area contributed by atoms with E-state index in [9.17, 15) is 9.59 Å². The SMILES string of the molecule is O=C1CCC2(C(=O)N=c3sccn3Cc3ccccc3)Sc3ccccc3N12. The van der Waals surface area contributed by atoms with E-state index in [4.69, 9.17) is 0 Å². The fourth-order valence-corrected chi connectivity index (χ4v) is 5.87. The zero-order valence-corrected chi connectivity index (χ0v) is 16.6. The molecular weight excluding hydrogens is 390 g/mol. The van der Waals surface area contributed by atoms with Crippen molar-refractivity contribution in [3.05, 3.63) is 76.5 Å². The molecule has 0 N–H and O–H groups in total. The number of aromatic nitrogens is 1. The van der Waals surface area contributed by atoms with Gasteiger partial charge < -0.3 is 4.57 Å². The molecular formula is C21H17N3O2S2. The van der Waals surface area contributed by atoms with Crippen LogP contribution in [0.3, 0.4) is 0 Å². The number of carbonyl (C=O) groups excluding carboxylic acids is 2. The summed E-state index contributed by atoms with van der Waals surface area (Å²) in [5.74, 6) is -0.270. The predicted octanol–water partition coefficient (Wildman–Crippen LogP) is 3.65. The van der Waals surface area contributed by atoms with Gasteiger partial charge in [0.25, 0.3) is 5.91 Å². The maximum absolute atomic E-state index is 13.3. The lowest BCUT2D eigenvalue weighted by molar-refractivity contribution is -0.122. The molecule has 0 spiro atoms. The van der Waals surface area contributed by atoms with Crippen LogP contribution >= 0.6 is 23.1 Å². The molecule has 1 atom stereocenters. The summed E-state index contributed by atoms with van der Waals surface area (Å²) in [5, 5.41) is 1.93. The summed E-state index contributed by atoms with van der Waals surface area (Å²) in [4.78, 5) is 32.7. The average molecular weight is 408 g/mol. The minimum Gasteiger partial charge on any atom is -0.319 e. The van der Waals surface area contributed by atoms with Crippen molar-refractivity contribution in [2.45, 2.75) is 29.2 Å². The van der Waals surface area contributed by atoms with E-state index in [0.717, 1.165) is 16.1 Å².